The quantitative estimate of drug-likeness (QED) is 0.392. The summed E-state index contributed by atoms with van der Waals surface area (Å²) < 4.78 is 0. The van der Waals surface area contributed by atoms with Gasteiger partial charge in [0.1, 0.15) is 0 Å². The number of nitrogens with two attached hydrogens (primary N) is 1. The lowest BCUT2D eigenvalue weighted by Gasteiger charge is -2.20. The van der Waals surface area contributed by atoms with Crippen molar-refractivity contribution in [1.29, 1.82) is 0 Å². The lowest BCUT2D eigenvalue weighted by molar-refractivity contribution is 0.0685. The Hall–Kier alpha value is -1.63. The van der Waals surface area contributed by atoms with Gasteiger partial charge in [0.05, 0.1) is 13.2 Å². The van der Waals surface area contributed by atoms with Gasteiger partial charge in [0.25, 0.3) is 5.91 Å². The molecule has 94 valence electrons. The van der Waals surface area contributed by atoms with Gasteiger partial charge < -0.3 is 20.5 Å². The van der Waals surface area contributed by atoms with E-state index in [1.807, 2.05) is 0 Å². The number of carbonyl (C=O) groups is 1. The van der Waals surface area contributed by atoms with Gasteiger partial charge in [-0.05, 0) is 24.3 Å². The third-order valence-corrected chi connectivity index (χ3v) is 2.33. The van der Waals surface area contributed by atoms with Gasteiger partial charge >= 0.3 is 0 Å². The predicted molar refractivity (Wildman–Crippen MR) is 64.3 cm³/mol. The van der Waals surface area contributed by atoms with Crippen molar-refractivity contribution >= 4 is 11.6 Å². The number of aliphatic hydroxyl groups excluding tert-OH is 2. The van der Waals surface area contributed by atoms with Crippen LogP contribution in [0.5, 0.6) is 0 Å². The molecule has 6 nitrogen and oxygen atoms in total. The maximum atomic E-state index is 12.0. The van der Waals surface area contributed by atoms with Gasteiger partial charge in [0.2, 0.25) is 0 Å². The van der Waals surface area contributed by atoms with E-state index in [-0.39, 0.29) is 32.2 Å². The van der Waals surface area contributed by atoms with E-state index >= 15 is 0 Å². The number of anilines is 1. The number of aliphatic hydroxyl groups is 2. The fraction of sp³-hybridized carbons (Fsp3) is 0.364. The van der Waals surface area contributed by atoms with E-state index in [1.54, 1.807) is 24.3 Å². The first-order valence-corrected chi connectivity index (χ1v) is 5.30. The van der Waals surface area contributed by atoms with Crippen LogP contribution < -0.4 is 11.3 Å². The van der Waals surface area contributed by atoms with E-state index in [2.05, 4.69) is 5.43 Å². The number of amides is 1. The van der Waals surface area contributed by atoms with Gasteiger partial charge in [-0.2, -0.15) is 0 Å². The van der Waals surface area contributed by atoms with Crippen LogP contribution in [0.2, 0.25) is 0 Å². The van der Waals surface area contributed by atoms with Gasteiger partial charge in [0, 0.05) is 24.3 Å². The van der Waals surface area contributed by atoms with Gasteiger partial charge in [0.15, 0.2) is 0 Å². The molecule has 1 aromatic rings. The predicted octanol–water partition coefficient (Wildman–Crippen LogP) is -0.601. The molecule has 0 aliphatic carbocycles. The Morgan fingerprint density at radius 1 is 1.18 bits per heavy atom. The monoisotopic (exact) mass is 239 g/mol. The van der Waals surface area contributed by atoms with Gasteiger partial charge in [-0.25, -0.2) is 0 Å². The molecule has 0 heterocycles. The lowest BCUT2D eigenvalue weighted by Crippen LogP contribution is -2.35. The summed E-state index contributed by atoms with van der Waals surface area (Å²) >= 11 is 0. The Bertz CT molecular complexity index is 347. The number of hydrazine groups is 1. The second-order valence-electron chi connectivity index (χ2n) is 3.46. The molecule has 0 spiro atoms. The average Bonchev–Trinajstić information content (AvgIpc) is 2.38. The fourth-order valence-electron chi connectivity index (χ4n) is 1.45. The lowest BCUT2D eigenvalue weighted by atomic mass is 10.2. The topological polar surface area (TPSA) is 98.8 Å². The van der Waals surface area contributed by atoms with Crippen molar-refractivity contribution in [2.45, 2.75) is 0 Å². The van der Waals surface area contributed by atoms with Crippen LogP contribution in [0.4, 0.5) is 5.69 Å². The molecule has 0 saturated heterocycles. The molecule has 6 heteroatoms. The first kappa shape index (κ1) is 13.4. The summed E-state index contributed by atoms with van der Waals surface area (Å²) in [6.45, 7) is 0.148. The Balaban J connectivity index is 2.77. The molecule has 1 aromatic carbocycles. The molecule has 0 aliphatic rings. The Morgan fingerprint density at radius 2 is 1.71 bits per heavy atom. The third-order valence-electron chi connectivity index (χ3n) is 2.33. The molecule has 0 aliphatic heterocycles. The van der Waals surface area contributed by atoms with Crippen LogP contribution >= 0.6 is 0 Å². The smallest absolute Gasteiger partial charge is 0.254 e. The van der Waals surface area contributed by atoms with Crippen molar-refractivity contribution in [3.05, 3.63) is 29.8 Å². The first-order valence-electron chi connectivity index (χ1n) is 5.30. The minimum atomic E-state index is -0.225. The van der Waals surface area contributed by atoms with Crippen LogP contribution in [-0.2, 0) is 0 Å². The molecule has 0 aromatic heterocycles. The standard InChI is InChI=1S/C11H17N3O3/c12-13-10-3-1-9(2-4-10)11(17)14(5-7-15)6-8-16/h1-4,13,15-16H,5-8,12H2. The van der Waals surface area contributed by atoms with E-state index in [0.717, 1.165) is 0 Å². The summed E-state index contributed by atoms with van der Waals surface area (Å²) in [4.78, 5) is 13.4. The van der Waals surface area contributed by atoms with E-state index < -0.39 is 0 Å². The highest BCUT2D eigenvalue weighted by molar-refractivity contribution is 5.94. The van der Waals surface area contributed by atoms with Crippen molar-refractivity contribution in [1.82, 2.24) is 4.90 Å². The highest BCUT2D eigenvalue weighted by Crippen LogP contribution is 2.10. The highest BCUT2D eigenvalue weighted by atomic mass is 16.3. The molecule has 0 unspecified atom stereocenters. The number of hydrogen-bond donors (Lipinski definition) is 4. The molecular weight excluding hydrogens is 222 g/mol. The first-order chi connectivity index (χ1) is 8.22. The van der Waals surface area contributed by atoms with Crippen LogP contribution in [0.3, 0.4) is 0 Å². The number of nitrogens with one attached hydrogen (secondary N) is 1. The molecule has 0 saturated carbocycles. The summed E-state index contributed by atoms with van der Waals surface area (Å²) in [5.41, 5.74) is 3.67. The molecule has 5 N–H and O–H groups in total. The van der Waals surface area contributed by atoms with Crippen LogP contribution in [0.15, 0.2) is 24.3 Å². The Morgan fingerprint density at radius 3 is 2.12 bits per heavy atom. The van der Waals surface area contributed by atoms with Crippen molar-refractivity contribution < 1.29 is 15.0 Å². The molecular formula is C11H17N3O3. The summed E-state index contributed by atoms with van der Waals surface area (Å²) in [6, 6.07) is 6.64. The van der Waals surface area contributed by atoms with Crippen molar-refractivity contribution in [3.8, 4) is 0 Å². The largest absolute Gasteiger partial charge is 0.395 e. The van der Waals surface area contributed by atoms with Crippen LogP contribution in [-0.4, -0.2) is 47.3 Å². The minimum Gasteiger partial charge on any atom is -0.395 e. The number of rotatable bonds is 6. The zero-order valence-corrected chi connectivity index (χ0v) is 9.47. The van der Waals surface area contributed by atoms with E-state index in [9.17, 15) is 4.79 Å². The zero-order chi connectivity index (χ0) is 12.7. The fourth-order valence-corrected chi connectivity index (χ4v) is 1.45. The second kappa shape index (κ2) is 6.85. The number of nitrogen functional groups attached to an aromatic ring is 1. The number of hydrogen-bond acceptors (Lipinski definition) is 5. The number of carbonyl (C=O) groups excluding carboxylic acids is 1. The summed E-state index contributed by atoms with van der Waals surface area (Å²) in [5, 5.41) is 17.7. The van der Waals surface area contributed by atoms with Crippen molar-refractivity contribution in [3.63, 3.8) is 0 Å². The summed E-state index contributed by atoms with van der Waals surface area (Å²) in [6.07, 6.45) is 0. The maximum absolute atomic E-state index is 12.0. The molecule has 0 atom stereocenters. The number of nitrogens with zero attached hydrogens (tertiary/aromatic N) is 1. The zero-order valence-electron chi connectivity index (χ0n) is 9.47. The number of benzene rings is 1. The van der Waals surface area contributed by atoms with Crippen LogP contribution in [0.25, 0.3) is 0 Å². The van der Waals surface area contributed by atoms with E-state index in [0.29, 0.717) is 11.3 Å². The average molecular weight is 239 g/mol. The molecule has 0 radical (unpaired) electrons. The normalized spacial score (nSPS) is 10.1. The molecule has 1 amide bonds. The van der Waals surface area contributed by atoms with Gasteiger partial charge in [-0.3, -0.25) is 10.6 Å². The Labute approximate surface area is 99.6 Å². The van der Waals surface area contributed by atoms with Crippen LogP contribution in [0, 0.1) is 0 Å². The van der Waals surface area contributed by atoms with Crippen LogP contribution in [0.1, 0.15) is 10.4 Å². The molecule has 0 bridgehead atoms. The highest BCUT2D eigenvalue weighted by Gasteiger charge is 2.14. The summed E-state index contributed by atoms with van der Waals surface area (Å²) in [5.74, 6) is 4.99. The third kappa shape index (κ3) is 3.70. The van der Waals surface area contributed by atoms with Gasteiger partial charge in [-0.15, -0.1) is 0 Å². The van der Waals surface area contributed by atoms with Crippen molar-refractivity contribution in [2.75, 3.05) is 31.7 Å². The molecule has 1 rings (SSSR count). The van der Waals surface area contributed by atoms with Crippen molar-refractivity contribution in [2.24, 2.45) is 5.84 Å². The van der Waals surface area contributed by atoms with E-state index in [4.69, 9.17) is 16.1 Å². The molecule has 17 heavy (non-hydrogen) atoms. The minimum absolute atomic E-state index is 0.131. The van der Waals surface area contributed by atoms with E-state index in [1.165, 1.54) is 4.90 Å². The summed E-state index contributed by atoms with van der Waals surface area (Å²) in [7, 11) is 0. The SMILES string of the molecule is NNc1ccc(C(=O)N(CCO)CCO)cc1. The second-order valence-corrected chi connectivity index (χ2v) is 3.46. The maximum Gasteiger partial charge on any atom is 0.254 e. The van der Waals surface area contributed by atoms with Gasteiger partial charge in [-0.1, -0.05) is 0 Å². The Kier molecular flexibility index (Phi) is 5.41. The molecule has 0 fully saturated rings.